The van der Waals surface area contributed by atoms with Gasteiger partial charge in [0.05, 0.1) is 24.1 Å². The van der Waals surface area contributed by atoms with Crippen LogP contribution in [0.3, 0.4) is 0 Å². The molecule has 1 aliphatic heterocycles. The Labute approximate surface area is 156 Å². The highest BCUT2D eigenvalue weighted by molar-refractivity contribution is 5.65. The van der Waals surface area contributed by atoms with E-state index in [1.165, 1.54) is 12.3 Å². The average molecular weight is 371 g/mol. The summed E-state index contributed by atoms with van der Waals surface area (Å²) in [5.41, 5.74) is 13.4. The first-order valence-electron chi connectivity index (χ1n) is 8.95. The van der Waals surface area contributed by atoms with E-state index in [4.69, 9.17) is 16.2 Å². The highest BCUT2D eigenvalue weighted by Gasteiger charge is 2.31. The number of ether oxygens (including phenoxy) is 1. The summed E-state index contributed by atoms with van der Waals surface area (Å²) >= 11 is 0. The van der Waals surface area contributed by atoms with Crippen LogP contribution in [0.5, 0.6) is 5.88 Å². The van der Waals surface area contributed by atoms with Gasteiger partial charge in [0.1, 0.15) is 17.7 Å². The molecule has 0 aromatic carbocycles. The van der Waals surface area contributed by atoms with Gasteiger partial charge in [-0.1, -0.05) is 0 Å². The number of aromatic nitrogens is 4. The summed E-state index contributed by atoms with van der Waals surface area (Å²) in [6.45, 7) is 3.01. The van der Waals surface area contributed by atoms with Crippen molar-refractivity contribution in [1.82, 2.24) is 19.6 Å². The minimum absolute atomic E-state index is 0.0905. The molecule has 3 aromatic heterocycles. The van der Waals surface area contributed by atoms with Crippen LogP contribution >= 0.6 is 0 Å². The number of nitrogen functional groups attached to an aromatic ring is 1. The van der Waals surface area contributed by atoms with Crippen LogP contribution in [-0.2, 0) is 0 Å². The summed E-state index contributed by atoms with van der Waals surface area (Å²) < 4.78 is 21.4. The van der Waals surface area contributed by atoms with Gasteiger partial charge in [0.15, 0.2) is 5.65 Å². The van der Waals surface area contributed by atoms with Crippen molar-refractivity contribution in [3.05, 3.63) is 42.1 Å². The zero-order valence-electron chi connectivity index (χ0n) is 15.0. The zero-order valence-corrected chi connectivity index (χ0v) is 15.0. The van der Waals surface area contributed by atoms with Crippen molar-refractivity contribution in [2.45, 2.75) is 31.9 Å². The molecule has 0 bridgehead atoms. The lowest BCUT2D eigenvalue weighted by Crippen LogP contribution is -2.27. The van der Waals surface area contributed by atoms with Gasteiger partial charge < -0.3 is 21.1 Å². The maximum atomic E-state index is 14.0. The first-order chi connectivity index (χ1) is 13.1. The molecule has 8 nitrogen and oxygen atoms in total. The monoisotopic (exact) mass is 371 g/mol. The number of nitrogens with zero attached hydrogens (tertiary/aromatic N) is 5. The van der Waals surface area contributed by atoms with Crippen LogP contribution in [0.15, 0.2) is 30.7 Å². The van der Waals surface area contributed by atoms with E-state index in [2.05, 4.69) is 20.0 Å². The Bertz CT molecular complexity index is 960. The molecule has 3 aromatic rings. The lowest BCUT2D eigenvalue weighted by atomic mass is 10.1. The molecule has 9 heteroatoms. The summed E-state index contributed by atoms with van der Waals surface area (Å²) in [4.78, 5) is 10.9. The Kier molecular flexibility index (Phi) is 4.53. The van der Waals surface area contributed by atoms with Crippen molar-refractivity contribution in [3.8, 4) is 5.88 Å². The lowest BCUT2D eigenvalue weighted by Gasteiger charge is -2.27. The van der Waals surface area contributed by atoms with Gasteiger partial charge >= 0.3 is 0 Å². The van der Waals surface area contributed by atoms with E-state index in [1.54, 1.807) is 10.7 Å². The minimum atomic E-state index is -0.395. The number of hydrogen-bond acceptors (Lipinski definition) is 7. The van der Waals surface area contributed by atoms with Crippen LogP contribution in [0.1, 0.15) is 31.4 Å². The molecule has 0 saturated carbocycles. The molecule has 142 valence electrons. The summed E-state index contributed by atoms with van der Waals surface area (Å²) in [5.74, 6) is 0.781. The smallest absolute Gasteiger partial charge is 0.219 e. The first-order valence-corrected chi connectivity index (χ1v) is 8.95. The van der Waals surface area contributed by atoms with Crippen LogP contribution in [0.4, 0.5) is 15.9 Å². The highest BCUT2D eigenvalue weighted by atomic mass is 19.1. The number of halogens is 1. The number of fused-ring (bicyclic) bond motifs is 1. The van der Waals surface area contributed by atoms with Gasteiger partial charge in [-0.3, -0.25) is 0 Å². The van der Waals surface area contributed by atoms with Crippen LogP contribution < -0.4 is 21.1 Å². The first kappa shape index (κ1) is 17.5. The van der Waals surface area contributed by atoms with E-state index in [-0.39, 0.29) is 12.1 Å². The molecule has 4 heterocycles. The van der Waals surface area contributed by atoms with E-state index in [0.29, 0.717) is 29.3 Å². The SMILES string of the molecule is C[C@@H](CN)Oc1ncc(F)cc1[C@H]1CCCN1c1ccn2ncc(N)c2n1. The standard InChI is InChI=1S/C18H22FN7O/c1-11(8-20)27-18-13(7-12(19)9-22-18)15-3-2-5-25(15)16-4-6-26-17(24-16)14(21)10-23-26/h4,6-7,9-11,15H,2-3,5,8,20-21H2,1H3/t11-,15+/m0/s1. The Morgan fingerprint density at radius 3 is 3.07 bits per heavy atom. The summed E-state index contributed by atoms with van der Waals surface area (Å²) in [6, 6.07) is 3.28. The summed E-state index contributed by atoms with van der Waals surface area (Å²) in [6.07, 6.45) is 6.15. The van der Waals surface area contributed by atoms with Crippen molar-refractivity contribution in [2.24, 2.45) is 5.73 Å². The molecule has 1 fully saturated rings. The van der Waals surface area contributed by atoms with E-state index in [9.17, 15) is 4.39 Å². The molecule has 0 unspecified atom stereocenters. The van der Waals surface area contributed by atoms with Gasteiger partial charge in [0.2, 0.25) is 5.88 Å². The minimum Gasteiger partial charge on any atom is -0.473 e. The molecule has 2 atom stereocenters. The third-order valence-corrected chi connectivity index (χ3v) is 4.78. The summed E-state index contributed by atoms with van der Waals surface area (Å²) in [7, 11) is 0. The van der Waals surface area contributed by atoms with Gasteiger partial charge in [-0.05, 0) is 31.9 Å². The molecular weight excluding hydrogens is 349 g/mol. The number of rotatable bonds is 5. The van der Waals surface area contributed by atoms with Gasteiger partial charge in [0.25, 0.3) is 0 Å². The van der Waals surface area contributed by atoms with E-state index < -0.39 is 5.82 Å². The molecular formula is C18H22FN7O. The third-order valence-electron chi connectivity index (χ3n) is 4.78. The highest BCUT2D eigenvalue weighted by Crippen LogP contribution is 2.39. The Balaban J connectivity index is 1.72. The van der Waals surface area contributed by atoms with Crippen LogP contribution in [0, 0.1) is 5.82 Å². The average Bonchev–Trinajstić information content (AvgIpc) is 3.30. The summed E-state index contributed by atoms with van der Waals surface area (Å²) in [5, 5.41) is 4.15. The third kappa shape index (κ3) is 3.25. The fourth-order valence-electron chi connectivity index (χ4n) is 3.42. The van der Waals surface area contributed by atoms with Crippen molar-refractivity contribution in [2.75, 3.05) is 23.7 Å². The normalized spacial score (nSPS) is 18.2. The molecule has 27 heavy (non-hydrogen) atoms. The maximum absolute atomic E-state index is 14.0. The van der Waals surface area contributed by atoms with E-state index >= 15 is 0 Å². The second-order valence-corrected chi connectivity index (χ2v) is 6.72. The fourth-order valence-corrected chi connectivity index (χ4v) is 3.42. The second-order valence-electron chi connectivity index (χ2n) is 6.72. The number of hydrogen-bond donors (Lipinski definition) is 2. The topological polar surface area (TPSA) is 108 Å². The zero-order chi connectivity index (χ0) is 19.0. The van der Waals surface area contributed by atoms with Crippen molar-refractivity contribution >= 4 is 17.2 Å². The molecule has 4 N–H and O–H groups in total. The number of nitrogens with two attached hydrogens (primary N) is 2. The Hall–Kier alpha value is -2.94. The predicted octanol–water partition coefficient (Wildman–Crippen LogP) is 1.91. The van der Waals surface area contributed by atoms with Crippen molar-refractivity contribution in [3.63, 3.8) is 0 Å². The van der Waals surface area contributed by atoms with Gasteiger partial charge in [-0.25, -0.2) is 18.9 Å². The Morgan fingerprint density at radius 1 is 1.41 bits per heavy atom. The van der Waals surface area contributed by atoms with Crippen LogP contribution in [0.25, 0.3) is 5.65 Å². The van der Waals surface area contributed by atoms with Crippen LogP contribution in [-0.4, -0.2) is 38.8 Å². The van der Waals surface area contributed by atoms with Crippen LogP contribution in [0.2, 0.25) is 0 Å². The molecule has 4 rings (SSSR count). The molecule has 0 aliphatic carbocycles. The van der Waals surface area contributed by atoms with E-state index in [0.717, 1.165) is 25.2 Å². The molecule has 1 aliphatic rings. The fraction of sp³-hybridized carbons (Fsp3) is 0.389. The molecule has 0 radical (unpaired) electrons. The molecule has 1 saturated heterocycles. The van der Waals surface area contributed by atoms with Crippen molar-refractivity contribution < 1.29 is 9.13 Å². The predicted molar refractivity (Wildman–Crippen MR) is 100 cm³/mol. The number of pyridine rings is 1. The van der Waals surface area contributed by atoms with Gasteiger partial charge in [0, 0.05) is 24.8 Å². The molecule has 0 amide bonds. The lowest BCUT2D eigenvalue weighted by molar-refractivity contribution is 0.216. The molecule has 0 spiro atoms. The maximum Gasteiger partial charge on any atom is 0.219 e. The quantitative estimate of drug-likeness (QED) is 0.705. The van der Waals surface area contributed by atoms with Crippen molar-refractivity contribution in [1.29, 1.82) is 0 Å². The van der Waals surface area contributed by atoms with Gasteiger partial charge in [-0.2, -0.15) is 5.10 Å². The van der Waals surface area contributed by atoms with Gasteiger partial charge in [-0.15, -0.1) is 0 Å². The second kappa shape index (κ2) is 6.99. The number of anilines is 2. The largest absolute Gasteiger partial charge is 0.473 e. The van der Waals surface area contributed by atoms with E-state index in [1.807, 2.05) is 19.2 Å². The Morgan fingerprint density at radius 2 is 2.26 bits per heavy atom.